The van der Waals surface area contributed by atoms with E-state index >= 15 is 0 Å². The molecule has 0 saturated heterocycles. The first-order valence-electron chi connectivity index (χ1n) is 9.96. The molecule has 8 heteroatoms. The molecule has 0 spiro atoms. The zero-order valence-corrected chi connectivity index (χ0v) is 19.1. The van der Waals surface area contributed by atoms with E-state index in [-0.39, 0.29) is 16.3 Å². The number of hydrogen-bond acceptors (Lipinski definition) is 4. The fraction of sp³-hybridized carbons (Fsp3) is 0.409. The molecule has 162 valence electrons. The molecule has 30 heavy (non-hydrogen) atoms. The smallest absolute Gasteiger partial charge is 0.241 e. The van der Waals surface area contributed by atoms with E-state index in [2.05, 4.69) is 47.0 Å². The zero-order chi connectivity index (χ0) is 21.9. The monoisotopic (exact) mass is 449 g/mol. The number of amides is 1. The highest BCUT2D eigenvalue weighted by atomic mass is 35.5. The first kappa shape index (κ1) is 22.7. The standard InChI is InChI=1S/C22H28ClN3O3S/c1-16(25-30(28,29)20-10-8-19(23)9-11-20)21(27)24-15-22(2,3)26-13-12-17-6-4-5-7-18(17)14-26/h4-11,16,25H,12-15H2,1-3H3,(H,24,27)/t16-/m0/s1. The molecule has 1 heterocycles. The lowest BCUT2D eigenvalue weighted by Gasteiger charge is -2.41. The summed E-state index contributed by atoms with van der Waals surface area (Å²) in [4.78, 5) is 15.0. The summed E-state index contributed by atoms with van der Waals surface area (Å²) >= 11 is 5.81. The molecule has 3 rings (SSSR count). The third-order valence-electron chi connectivity index (χ3n) is 5.53. The number of hydrogen-bond donors (Lipinski definition) is 2. The molecule has 0 bridgehead atoms. The van der Waals surface area contributed by atoms with Crippen molar-refractivity contribution in [2.24, 2.45) is 0 Å². The highest BCUT2D eigenvalue weighted by Crippen LogP contribution is 2.25. The number of halogens is 1. The van der Waals surface area contributed by atoms with Gasteiger partial charge in [-0.15, -0.1) is 0 Å². The predicted octanol–water partition coefficient (Wildman–Crippen LogP) is 2.96. The maximum absolute atomic E-state index is 12.6. The Labute approximate surface area is 183 Å². The van der Waals surface area contributed by atoms with Crippen LogP contribution in [-0.4, -0.2) is 43.9 Å². The zero-order valence-electron chi connectivity index (χ0n) is 17.5. The summed E-state index contributed by atoms with van der Waals surface area (Å²) in [5.74, 6) is -0.363. The van der Waals surface area contributed by atoms with Gasteiger partial charge in [-0.25, -0.2) is 8.42 Å². The van der Waals surface area contributed by atoms with Gasteiger partial charge in [-0.05, 0) is 62.6 Å². The third-order valence-corrected chi connectivity index (χ3v) is 7.34. The summed E-state index contributed by atoms with van der Waals surface area (Å²) in [6, 6.07) is 13.3. The second-order valence-electron chi connectivity index (χ2n) is 8.27. The number of sulfonamides is 1. The van der Waals surface area contributed by atoms with E-state index in [1.807, 2.05) is 6.07 Å². The molecule has 1 atom stereocenters. The molecule has 0 fully saturated rings. The van der Waals surface area contributed by atoms with Gasteiger partial charge in [0.25, 0.3) is 0 Å². The number of rotatable bonds is 7. The maximum atomic E-state index is 12.6. The summed E-state index contributed by atoms with van der Waals surface area (Å²) in [5, 5.41) is 3.35. The fourth-order valence-corrected chi connectivity index (χ4v) is 4.88. The van der Waals surface area contributed by atoms with E-state index in [1.165, 1.54) is 42.3 Å². The summed E-state index contributed by atoms with van der Waals surface area (Å²) in [7, 11) is -3.81. The van der Waals surface area contributed by atoms with Crippen molar-refractivity contribution in [3.05, 3.63) is 64.7 Å². The van der Waals surface area contributed by atoms with Gasteiger partial charge in [0.15, 0.2) is 0 Å². The molecular formula is C22H28ClN3O3S. The van der Waals surface area contributed by atoms with E-state index in [4.69, 9.17) is 11.6 Å². The molecule has 1 aliphatic rings. The second kappa shape index (κ2) is 9.06. The number of benzene rings is 2. The van der Waals surface area contributed by atoms with Crippen LogP contribution in [0.25, 0.3) is 0 Å². The van der Waals surface area contributed by atoms with Crippen molar-refractivity contribution in [2.45, 2.75) is 50.2 Å². The van der Waals surface area contributed by atoms with E-state index < -0.39 is 16.1 Å². The number of fused-ring (bicyclic) bond motifs is 1. The van der Waals surface area contributed by atoms with Crippen LogP contribution in [0.3, 0.4) is 0 Å². The minimum Gasteiger partial charge on any atom is -0.353 e. The summed E-state index contributed by atoms with van der Waals surface area (Å²) in [5.41, 5.74) is 2.42. The van der Waals surface area contributed by atoms with Crippen LogP contribution in [0.1, 0.15) is 31.9 Å². The Morgan fingerprint density at radius 1 is 1.13 bits per heavy atom. The minimum absolute atomic E-state index is 0.0684. The van der Waals surface area contributed by atoms with Gasteiger partial charge in [0.05, 0.1) is 10.9 Å². The Hall–Kier alpha value is -1.93. The molecule has 0 saturated carbocycles. The normalized spacial score (nSPS) is 16.0. The molecule has 2 aromatic rings. The van der Waals surface area contributed by atoms with Crippen molar-refractivity contribution in [3.63, 3.8) is 0 Å². The summed E-state index contributed by atoms with van der Waals surface area (Å²) in [6.07, 6.45) is 0.977. The lowest BCUT2D eigenvalue weighted by atomic mass is 9.94. The SMILES string of the molecule is C[C@H](NS(=O)(=O)c1ccc(Cl)cc1)C(=O)NCC(C)(C)N1CCc2ccccc2C1. The van der Waals surface area contributed by atoms with Crippen LogP contribution in [-0.2, 0) is 27.8 Å². The Morgan fingerprint density at radius 3 is 2.43 bits per heavy atom. The number of carbonyl (C=O) groups excluding carboxylic acids is 1. The molecule has 1 amide bonds. The molecule has 6 nitrogen and oxygen atoms in total. The van der Waals surface area contributed by atoms with Crippen molar-refractivity contribution in [2.75, 3.05) is 13.1 Å². The van der Waals surface area contributed by atoms with Crippen molar-refractivity contribution in [3.8, 4) is 0 Å². The fourth-order valence-electron chi connectivity index (χ4n) is 3.55. The van der Waals surface area contributed by atoms with Crippen LogP contribution in [0.4, 0.5) is 0 Å². The molecule has 0 aliphatic carbocycles. The largest absolute Gasteiger partial charge is 0.353 e. The molecule has 2 aromatic carbocycles. The van der Waals surface area contributed by atoms with E-state index in [1.54, 1.807) is 0 Å². The third kappa shape index (κ3) is 5.40. The average Bonchev–Trinajstić information content (AvgIpc) is 2.71. The van der Waals surface area contributed by atoms with Crippen LogP contribution in [0.5, 0.6) is 0 Å². The van der Waals surface area contributed by atoms with Gasteiger partial charge in [-0.1, -0.05) is 35.9 Å². The maximum Gasteiger partial charge on any atom is 0.241 e. The van der Waals surface area contributed by atoms with Crippen molar-refractivity contribution in [1.29, 1.82) is 0 Å². The second-order valence-corrected chi connectivity index (χ2v) is 10.4. The van der Waals surface area contributed by atoms with Crippen molar-refractivity contribution in [1.82, 2.24) is 14.9 Å². The Bertz CT molecular complexity index is 1010. The quantitative estimate of drug-likeness (QED) is 0.681. The van der Waals surface area contributed by atoms with E-state index in [0.717, 1.165) is 19.5 Å². The van der Waals surface area contributed by atoms with Gasteiger partial charge in [-0.3, -0.25) is 9.69 Å². The Morgan fingerprint density at radius 2 is 1.77 bits per heavy atom. The van der Waals surface area contributed by atoms with Crippen molar-refractivity contribution < 1.29 is 13.2 Å². The molecule has 0 radical (unpaired) electrons. The van der Waals surface area contributed by atoms with Crippen LogP contribution in [0.15, 0.2) is 53.4 Å². The minimum atomic E-state index is -3.81. The summed E-state index contributed by atoms with van der Waals surface area (Å²) < 4.78 is 27.4. The average molecular weight is 450 g/mol. The predicted molar refractivity (Wildman–Crippen MR) is 119 cm³/mol. The van der Waals surface area contributed by atoms with E-state index in [0.29, 0.717) is 11.6 Å². The van der Waals surface area contributed by atoms with Crippen LogP contribution < -0.4 is 10.0 Å². The molecule has 0 aromatic heterocycles. The first-order valence-corrected chi connectivity index (χ1v) is 11.8. The Balaban J connectivity index is 1.57. The van der Waals surface area contributed by atoms with Gasteiger partial charge in [0.1, 0.15) is 0 Å². The highest BCUT2D eigenvalue weighted by molar-refractivity contribution is 7.89. The van der Waals surface area contributed by atoms with Gasteiger partial charge in [0.2, 0.25) is 15.9 Å². The van der Waals surface area contributed by atoms with Crippen molar-refractivity contribution >= 4 is 27.5 Å². The summed E-state index contributed by atoms with van der Waals surface area (Å²) in [6.45, 7) is 7.87. The number of nitrogens with zero attached hydrogens (tertiary/aromatic N) is 1. The molecule has 0 unspecified atom stereocenters. The highest BCUT2D eigenvalue weighted by Gasteiger charge is 2.31. The lowest BCUT2D eigenvalue weighted by Crippen LogP contribution is -2.55. The topological polar surface area (TPSA) is 78.5 Å². The van der Waals surface area contributed by atoms with Gasteiger partial charge < -0.3 is 5.32 Å². The molecule has 1 aliphatic heterocycles. The molecule has 2 N–H and O–H groups in total. The van der Waals surface area contributed by atoms with Crippen LogP contribution in [0.2, 0.25) is 5.02 Å². The number of carbonyl (C=O) groups is 1. The van der Waals surface area contributed by atoms with Gasteiger partial charge in [0, 0.05) is 30.2 Å². The van der Waals surface area contributed by atoms with Gasteiger partial charge in [-0.2, -0.15) is 4.72 Å². The number of nitrogens with one attached hydrogen (secondary N) is 2. The van der Waals surface area contributed by atoms with Crippen LogP contribution >= 0.6 is 11.6 Å². The van der Waals surface area contributed by atoms with E-state index in [9.17, 15) is 13.2 Å². The lowest BCUT2D eigenvalue weighted by molar-refractivity contribution is -0.123. The first-order chi connectivity index (χ1) is 14.1. The Kier molecular flexibility index (Phi) is 6.87. The van der Waals surface area contributed by atoms with Gasteiger partial charge >= 0.3 is 0 Å². The molecular weight excluding hydrogens is 422 g/mol. The van der Waals surface area contributed by atoms with Crippen LogP contribution in [0, 0.1) is 0 Å².